The minimum absolute atomic E-state index is 0.200. The van der Waals surface area contributed by atoms with Crippen LogP contribution in [0.2, 0.25) is 5.02 Å². The van der Waals surface area contributed by atoms with Crippen molar-refractivity contribution < 1.29 is 4.79 Å². The summed E-state index contributed by atoms with van der Waals surface area (Å²) < 4.78 is 1.80. The molecule has 1 amide bonds. The molecule has 4 nitrogen and oxygen atoms in total. The van der Waals surface area contributed by atoms with Gasteiger partial charge >= 0.3 is 0 Å². The summed E-state index contributed by atoms with van der Waals surface area (Å²) in [5.41, 5.74) is 4.75. The van der Waals surface area contributed by atoms with Gasteiger partial charge in [0.15, 0.2) is 0 Å². The van der Waals surface area contributed by atoms with E-state index in [0.717, 1.165) is 16.8 Å². The number of rotatable bonds is 2. The Bertz CT molecular complexity index is 883. The summed E-state index contributed by atoms with van der Waals surface area (Å²) in [6.45, 7) is 5.75. The van der Waals surface area contributed by atoms with Crippen LogP contribution in [0.4, 0.5) is 5.69 Å². The fraction of sp³-hybridized carbons (Fsp3) is 0.176. The number of hydrogen-bond acceptors (Lipinski definition) is 2. The van der Waals surface area contributed by atoms with Crippen molar-refractivity contribution in [3.8, 4) is 0 Å². The van der Waals surface area contributed by atoms with Gasteiger partial charge in [-0.15, -0.1) is 0 Å². The molecule has 112 valence electrons. The molecule has 0 aliphatic heterocycles. The molecule has 0 saturated carbocycles. The van der Waals surface area contributed by atoms with Gasteiger partial charge in [0.25, 0.3) is 5.91 Å². The van der Waals surface area contributed by atoms with Gasteiger partial charge in [-0.2, -0.15) is 0 Å². The zero-order valence-corrected chi connectivity index (χ0v) is 13.4. The highest BCUT2D eigenvalue weighted by Crippen LogP contribution is 2.21. The monoisotopic (exact) mass is 313 g/mol. The van der Waals surface area contributed by atoms with Crippen LogP contribution in [0.25, 0.3) is 5.65 Å². The predicted octanol–water partition coefficient (Wildman–Crippen LogP) is 4.17. The molecular formula is C17H16ClN3O. The molecule has 22 heavy (non-hydrogen) atoms. The topological polar surface area (TPSA) is 46.4 Å². The van der Waals surface area contributed by atoms with Crippen molar-refractivity contribution in [2.75, 3.05) is 5.32 Å². The normalized spacial score (nSPS) is 10.9. The van der Waals surface area contributed by atoms with Crippen molar-refractivity contribution in [1.82, 2.24) is 9.38 Å². The second kappa shape index (κ2) is 5.46. The minimum atomic E-state index is -0.200. The average molecular weight is 314 g/mol. The van der Waals surface area contributed by atoms with E-state index < -0.39 is 0 Å². The van der Waals surface area contributed by atoms with E-state index in [1.165, 1.54) is 0 Å². The van der Waals surface area contributed by atoms with E-state index in [2.05, 4.69) is 10.3 Å². The van der Waals surface area contributed by atoms with Crippen LogP contribution in [0, 0.1) is 20.8 Å². The maximum atomic E-state index is 12.6. The van der Waals surface area contributed by atoms with Gasteiger partial charge in [0.05, 0.1) is 5.69 Å². The summed E-state index contributed by atoms with van der Waals surface area (Å²) in [5, 5.41) is 3.50. The fourth-order valence-electron chi connectivity index (χ4n) is 2.40. The molecule has 2 heterocycles. The molecule has 2 aromatic heterocycles. The number of benzene rings is 1. The number of amides is 1. The Hall–Kier alpha value is -2.33. The largest absolute Gasteiger partial charge is 0.321 e. The minimum Gasteiger partial charge on any atom is -0.321 e. The standard InChI is InChI=1S/C17H16ClN3O/c1-10-6-7-21-15(8-10)19-12(3)16(21)17(22)20-13-5-4-11(2)14(18)9-13/h4-9H,1-3H3,(H,20,22). The highest BCUT2D eigenvalue weighted by Gasteiger charge is 2.17. The summed E-state index contributed by atoms with van der Waals surface area (Å²) in [7, 11) is 0. The molecule has 5 heteroatoms. The molecule has 0 aliphatic rings. The molecule has 0 fully saturated rings. The number of hydrogen-bond donors (Lipinski definition) is 1. The third kappa shape index (κ3) is 2.57. The van der Waals surface area contributed by atoms with Crippen molar-refractivity contribution in [1.29, 1.82) is 0 Å². The van der Waals surface area contributed by atoms with Crippen LogP contribution >= 0.6 is 11.6 Å². The predicted molar refractivity (Wildman–Crippen MR) is 88.8 cm³/mol. The van der Waals surface area contributed by atoms with Crippen LogP contribution in [-0.4, -0.2) is 15.3 Å². The van der Waals surface area contributed by atoms with E-state index in [4.69, 9.17) is 11.6 Å². The summed E-state index contributed by atoms with van der Waals surface area (Å²) in [6, 6.07) is 9.36. The highest BCUT2D eigenvalue weighted by atomic mass is 35.5. The maximum Gasteiger partial charge on any atom is 0.274 e. The summed E-state index contributed by atoms with van der Waals surface area (Å²) in [6.07, 6.45) is 1.86. The quantitative estimate of drug-likeness (QED) is 0.772. The second-order valence-corrected chi connectivity index (χ2v) is 5.80. The van der Waals surface area contributed by atoms with Crippen LogP contribution in [0.1, 0.15) is 27.3 Å². The molecule has 0 aliphatic carbocycles. The van der Waals surface area contributed by atoms with E-state index in [1.54, 1.807) is 10.5 Å². The van der Waals surface area contributed by atoms with Gasteiger partial charge < -0.3 is 5.32 Å². The third-order valence-corrected chi connectivity index (χ3v) is 4.01. The SMILES string of the molecule is Cc1ccn2c(C(=O)Nc3ccc(C)c(Cl)c3)c(C)nc2c1. The van der Waals surface area contributed by atoms with Crippen molar-refractivity contribution in [3.63, 3.8) is 0 Å². The van der Waals surface area contributed by atoms with E-state index in [0.29, 0.717) is 22.1 Å². The number of aromatic nitrogens is 2. The number of halogens is 1. The molecule has 3 aromatic rings. The first-order valence-electron chi connectivity index (χ1n) is 6.98. The van der Waals surface area contributed by atoms with Gasteiger partial charge in [0.2, 0.25) is 0 Å². The Morgan fingerprint density at radius 3 is 2.68 bits per heavy atom. The number of nitrogens with one attached hydrogen (secondary N) is 1. The van der Waals surface area contributed by atoms with E-state index in [9.17, 15) is 4.79 Å². The van der Waals surface area contributed by atoms with Gasteiger partial charge in [-0.25, -0.2) is 4.98 Å². The second-order valence-electron chi connectivity index (χ2n) is 5.40. The van der Waals surface area contributed by atoms with Crippen LogP contribution in [0.15, 0.2) is 36.5 Å². The Morgan fingerprint density at radius 1 is 1.18 bits per heavy atom. The van der Waals surface area contributed by atoms with E-state index >= 15 is 0 Å². The number of nitrogens with zero attached hydrogens (tertiary/aromatic N) is 2. The van der Waals surface area contributed by atoms with Gasteiger partial charge in [-0.3, -0.25) is 9.20 Å². The lowest BCUT2D eigenvalue weighted by Gasteiger charge is -2.07. The Balaban J connectivity index is 1.98. The molecular weight excluding hydrogens is 298 g/mol. The van der Waals surface area contributed by atoms with Crippen LogP contribution in [0.5, 0.6) is 0 Å². The molecule has 1 aromatic carbocycles. The van der Waals surface area contributed by atoms with Gasteiger partial charge in [-0.05, 0) is 56.2 Å². The van der Waals surface area contributed by atoms with Gasteiger partial charge in [-0.1, -0.05) is 17.7 Å². The van der Waals surface area contributed by atoms with Gasteiger partial charge in [0.1, 0.15) is 11.3 Å². The van der Waals surface area contributed by atoms with Gasteiger partial charge in [0, 0.05) is 16.9 Å². The van der Waals surface area contributed by atoms with Crippen molar-refractivity contribution in [3.05, 3.63) is 64.1 Å². The lowest BCUT2D eigenvalue weighted by molar-refractivity contribution is 0.102. The molecule has 0 radical (unpaired) electrons. The third-order valence-electron chi connectivity index (χ3n) is 3.60. The van der Waals surface area contributed by atoms with E-state index in [1.807, 2.05) is 51.2 Å². The Morgan fingerprint density at radius 2 is 1.95 bits per heavy atom. The number of fused-ring (bicyclic) bond motifs is 1. The van der Waals surface area contributed by atoms with Crippen molar-refractivity contribution in [2.45, 2.75) is 20.8 Å². The van der Waals surface area contributed by atoms with Crippen molar-refractivity contribution in [2.24, 2.45) is 0 Å². The summed E-state index contributed by atoms with van der Waals surface area (Å²) in [4.78, 5) is 17.0. The highest BCUT2D eigenvalue weighted by molar-refractivity contribution is 6.31. The van der Waals surface area contributed by atoms with Crippen LogP contribution in [-0.2, 0) is 0 Å². The number of aryl methyl sites for hydroxylation is 3. The van der Waals surface area contributed by atoms with Crippen LogP contribution < -0.4 is 5.32 Å². The van der Waals surface area contributed by atoms with Crippen LogP contribution in [0.3, 0.4) is 0 Å². The molecule has 1 N–H and O–H groups in total. The zero-order chi connectivity index (χ0) is 15.9. The molecule has 0 atom stereocenters. The zero-order valence-electron chi connectivity index (χ0n) is 12.6. The fourth-order valence-corrected chi connectivity index (χ4v) is 2.58. The lowest BCUT2D eigenvalue weighted by Crippen LogP contribution is -2.15. The lowest BCUT2D eigenvalue weighted by atomic mass is 10.2. The van der Waals surface area contributed by atoms with E-state index in [-0.39, 0.29) is 5.91 Å². The molecule has 0 saturated heterocycles. The maximum absolute atomic E-state index is 12.6. The first-order valence-corrected chi connectivity index (χ1v) is 7.36. The number of carbonyl (C=O) groups excluding carboxylic acids is 1. The number of pyridine rings is 1. The smallest absolute Gasteiger partial charge is 0.274 e. The Labute approximate surface area is 133 Å². The number of anilines is 1. The summed E-state index contributed by atoms with van der Waals surface area (Å²) in [5.74, 6) is -0.200. The van der Waals surface area contributed by atoms with Crippen molar-refractivity contribution >= 4 is 28.8 Å². The molecule has 0 bridgehead atoms. The molecule has 0 unspecified atom stereocenters. The molecule has 0 spiro atoms. The number of imidazole rings is 1. The molecule has 3 rings (SSSR count). The average Bonchev–Trinajstić information content (AvgIpc) is 2.78. The number of carbonyl (C=O) groups is 1. The first kappa shape index (κ1) is 14.6. The first-order chi connectivity index (χ1) is 10.5. The summed E-state index contributed by atoms with van der Waals surface area (Å²) >= 11 is 6.10. The Kier molecular flexibility index (Phi) is 3.62.